The molecule has 0 fully saturated rings. The summed E-state index contributed by atoms with van der Waals surface area (Å²) >= 11 is 11.4. The Morgan fingerprint density at radius 2 is 1.71 bits per heavy atom. The number of amides is 1. The summed E-state index contributed by atoms with van der Waals surface area (Å²) in [4.78, 5) is 11.1. The first-order valence-corrected chi connectivity index (χ1v) is 7.62. The number of methoxy groups -OCH3 is 2. The fourth-order valence-corrected chi connectivity index (χ4v) is 2.43. The maximum Gasteiger partial charge on any atom is 0.248 e. The molecular weight excluding hydrogens is 350 g/mol. The molecule has 1 amide bonds. The molecule has 8 heteroatoms. The number of carbonyl (C=O) groups excluding carboxylic acids is 1. The Kier molecular flexibility index (Phi) is 5.83. The van der Waals surface area contributed by atoms with Crippen molar-refractivity contribution in [3.05, 3.63) is 47.0 Å². The molecule has 0 spiro atoms. The van der Waals surface area contributed by atoms with Crippen LogP contribution in [0.4, 0.5) is 11.4 Å². The molecule has 24 heavy (non-hydrogen) atoms. The molecule has 126 valence electrons. The number of nitrogens with two attached hydrogens (primary N) is 1. The van der Waals surface area contributed by atoms with Gasteiger partial charge in [0.05, 0.1) is 24.9 Å². The zero-order valence-electron chi connectivity index (χ0n) is 13.1. The van der Waals surface area contributed by atoms with Crippen molar-refractivity contribution in [2.24, 2.45) is 5.73 Å². The fourth-order valence-electron chi connectivity index (χ4n) is 1.96. The SMILES string of the molecule is COc1cc(OC)c(NC(=S)Nc2ccc(C(N)=O)cc2)cc1Cl. The van der Waals surface area contributed by atoms with Gasteiger partial charge >= 0.3 is 0 Å². The molecule has 2 rings (SSSR count). The van der Waals surface area contributed by atoms with Crippen LogP contribution in [0.15, 0.2) is 36.4 Å². The monoisotopic (exact) mass is 365 g/mol. The fraction of sp³-hybridized carbons (Fsp3) is 0.125. The molecule has 0 saturated carbocycles. The van der Waals surface area contributed by atoms with Crippen molar-refractivity contribution in [1.29, 1.82) is 0 Å². The molecule has 0 heterocycles. The van der Waals surface area contributed by atoms with Gasteiger partial charge in [-0.1, -0.05) is 11.6 Å². The van der Waals surface area contributed by atoms with Crippen molar-refractivity contribution in [3.8, 4) is 11.5 Å². The maximum atomic E-state index is 11.1. The summed E-state index contributed by atoms with van der Waals surface area (Å²) in [5.41, 5.74) is 6.92. The van der Waals surface area contributed by atoms with Gasteiger partial charge in [0.2, 0.25) is 5.91 Å². The van der Waals surface area contributed by atoms with Crippen LogP contribution in [0.5, 0.6) is 11.5 Å². The van der Waals surface area contributed by atoms with Crippen LogP contribution in [0.25, 0.3) is 0 Å². The van der Waals surface area contributed by atoms with E-state index >= 15 is 0 Å². The van der Waals surface area contributed by atoms with Crippen LogP contribution in [0.1, 0.15) is 10.4 Å². The number of rotatable bonds is 5. The van der Waals surface area contributed by atoms with Crippen molar-refractivity contribution < 1.29 is 14.3 Å². The summed E-state index contributed by atoms with van der Waals surface area (Å²) < 4.78 is 10.4. The summed E-state index contributed by atoms with van der Waals surface area (Å²) in [7, 11) is 3.06. The van der Waals surface area contributed by atoms with Gasteiger partial charge in [0.15, 0.2) is 5.11 Å². The van der Waals surface area contributed by atoms with Crippen molar-refractivity contribution in [3.63, 3.8) is 0 Å². The van der Waals surface area contributed by atoms with Crippen LogP contribution >= 0.6 is 23.8 Å². The molecule has 0 aromatic heterocycles. The van der Waals surface area contributed by atoms with E-state index in [-0.39, 0.29) is 0 Å². The minimum Gasteiger partial charge on any atom is -0.495 e. The molecule has 0 unspecified atom stereocenters. The van der Waals surface area contributed by atoms with Gasteiger partial charge in [-0.3, -0.25) is 4.79 Å². The van der Waals surface area contributed by atoms with Crippen LogP contribution in [-0.2, 0) is 0 Å². The molecule has 6 nitrogen and oxygen atoms in total. The van der Waals surface area contributed by atoms with Crippen molar-refractivity contribution in [1.82, 2.24) is 0 Å². The van der Waals surface area contributed by atoms with E-state index in [0.29, 0.717) is 38.6 Å². The van der Waals surface area contributed by atoms with E-state index < -0.39 is 5.91 Å². The van der Waals surface area contributed by atoms with Gasteiger partial charge in [0, 0.05) is 17.3 Å². The largest absolute Gasteiger partial charge is 0.495 e. The Hall–Kier alpha value is -2.51. The van der Waals surface area contributed by atoms with E-state index in [4.69, 9.17) is 39.0 Å². The number of hydrogen-bond donors (Lipinski definition) is 3. The lowest BCUT2D eigenvalue weighted by Crippen LogP contribution is -2.19. The molecule has 0 aliphatic carbocycles. The summed E-state index contributed by atoms with van der Waals surface area (Å²) in [5.74, 6) is 0.546. The number of ether oxygens (including phenoxy) is 2. The molecule has 4 N–H and O–H groups in total. The first-order chi connectivity index (χ1) is 11.4. The lowest BCUT2D eigenvalue weighted by molar-refractivity contribution is 0.100. The summed E-state index contributed by atoms with van der Waals surface area (Å²) in [6.07, 6.45) is 0. The normalized spacial score (nSPS) is 9.96. The quantitative estimate of drug-likeness (QED) is 0.705. The van der Waals surface area contributed by atoms with Gasteiger partial charge in [-0.2, -0.15) is 0 Å². The van der Waals surface area contributed by atoms with Crippen LogP contribution < -0.4 is 25.8 Å². The summed E-state index contributed by atoms with van der Waals surface area (Å²) in [5, 5.41) is 6.76. The highest BCUT2D eigenvalue weighted by molar-refractivity contribution is 7.80. The number of thiocarbonyl (C=S) groups is 1. The van der Waals surface area contributed by atoms with E-state index in [1.54, 1.807) is 36.4 Å². The van der Waals surface area contributed by atoms with E-state index in [9.17, 15) is 4.79 Å². The average molecular weight is 366 g/mol. The van der Waals surface area contributed by atoms with Crippen molar-refractivity contribution >= 4 is 46.2 Å². The third kappa shape index (κ3) is 4.27. The van der Waals surface area contributed by atoms with Crippen LogP contribution in [-0.4, -0.2) is 25.2 Å². The number of nitrogens with one attached hydrogen (secondary N) is 2. The maximum absolute atomic E-state index is 11.1. The topological polar surface area (TPSA) is 85.6 Å². The minimum absolute atomic E-state index is 0.335. The van der Waals surface area contributed by atoms with Crippen molar-refractivity contribution in [2.75, 3.05) is 24.9 Å². The minimum atomic E-state index is -0.486. The third-order valence-electron chi connectivity index (χ3n) is 3.15. The molecule has 0 aliphatic rings. The summed E-state index contributed by atoms with van der Waals surface area (Å²) in [6.45, 7) is 0. The van der Waals surface area contributed by atoms with E-state index in [1.165, 1.54) is 14.2 Å². The Morgan fingerprint density at radius 3 is 2.25 bits per heavy atom. The first-order valence-electron chi connectivity index (χ1n) is 6.84. The standard InChI is InChI=1S/C16H16ClN3O3S/c1-22-13-8-14(23-2)12(7-11(13)17)20-16(24)19-10-5-3-9(4-6-10)15(18)21/h3-8H,1-2H3,(H2,18,21)(H2,19,20,24). The van der Waals surface area contributed by atoms with Gasteiger partial charge in [0.25, 0.3) is 0 Å². The lowest BCUT2D eigenvalue weighted by atomic mass is 10.2. The Bertz CT molecular complexity index is 766. The highest BCUT2D eigenvalue weighted by Crippen LogP contribution is 2.35. The zero-order chi connectivity index (χ0) is 17.7. The molecular formula is C16H16ClN3O3S. The average Bonchev–Trinajstić information content (AvgIpc) is 2.55. The highest BCUT2D eigenvalue weighted by Gasteiger charge is 2.11. The van der Waals surface area contributed by atoms with Gasteiger partial charge in [-0.15, -0.1) is 0 Å². The van der Waals surface area contributed by atoms with Gasteiger partial charge in [-0.25, -0.2) is 0 Å². The number of benzene rings is 2. The van der Waals surface area contributed by atoms with Gasteiger partial charge < -0.3 is 25.8 Å². The van der Waals surface area contributed by atoms with E-state index in [0.717, 1.165) is 0 Å². The smallest absolute Gasteiger partial charge is 0.248 e. The molecule has 0 radical (unpaired) electrons. The predicted molar refractivity (Wildman–Crippen MR) is 99.4 cm³/mol. The lowest BCUT2D eigenvalue weighted by Gasteiger charge is -2.15. The predicted octanol–water partition coefficient (Wildman–Crippen LogP) is 3.27. The molecule has 0 aliphatic heterocycles. The van der Waals surface area contributed by atoms with Crippen LogP contribution in [0.2, 0.25) is 5.02 Å². The number of halogens is 1. The second-order valence-corrected chi connectivity index (χ2v) is 5.52. The first kappa shape index (κ1) is 17.8. The number of primary amides is 1. The molecule has 0 bridgehead atoms. The van der Waals surface area contributed by atoms with Crippen LogP contribution in [0.3, 0.4) is 0 Å². The number of hydrogen-bond acceptors (Lipinski definition) is 4. The second-order valence-electron chi connectivity index (χ2n) is 4.71. The number of carbonyl (C=O) groups is 1. The molecule has 0 saturated heterocycles. The Morgan fingerprint density at radius 1 is 1.08 bits per heavy atom. The van der Waals surface area contributed by atoms with Crippen molar-refractivity contribution in [2.45, 2.75) is 0 Å². The Balaban J connectivity index is 2.12. The summed E-state index contributed by atoms with van der Waals surface area (Å²) in [6, 6.07) is 9.94. The number of anilines is 2. The second kappa shape index (κ2) is 7.85. The van der Waals surface area contributed by atoms with Gasteiger partial charge in [0.1, 0.15) is 11.5 Å². The zero-order valence-corrected chi connectivity index (χ0v) is 14.6. The van der Waals surface area contributed by atoms with Crippen LogP contribution in [0, 0.1) is 0 Å². The van der Waals surface area contributed by atoms with Gasteiger partial charge in [-0.05, 0) is 42.5 Å². The molecule has 2 aromatic rings. The third-order valence-corrected chi connectivity index (χ3v) is 3.65. The highest BCUT2D eigenvalue weighted by atomic mass is 35.5. The Labute approximate surface area is 149 Å². The van der Waals surface area contributed by atoms with E-state index in [1.807, 2.05) is 0 Å². The molecule has 2 aromatic carbocycles. The van der Waals surface area contributed by atoms with E-state index in [2.05, 4.69) is 10.6 Å². The molecule has 0 atom stereocenters.